The van der Waals surface area contributed by atoms with Crippen molar-refractivity contribution in [1.29, 1.82) is 0 Å². The molecule has 0 bridgehead atoms. The average Bonchev–Trinajstić information content (AvgIpc) is 2.91. The Labute approximate surface area is 149 Å². The number of amides is 1. The monoisotopic (exact) mass is 388 g/mol. The van der Waals surface area contributed by atoms with E-state index in [-0.39, 0.29) is 11.6 Å². The Bertz CT molecular complexity index is 954. The van der Waals surface area contributed by atoms with Gasteiger partial charge in [-0.1, -0.05) is 23.2 Å². The van der Waals surface area contributed by atoms with Crippen LogP contribution < -0.4 is 5.32 Å². The number of oxazole rings is 1. The summed E-state index contributed by atoms with van der Waals surface area (Å²) in [7, 11) is 0. The number of carbonyl (C=O) groups excluding carboxylic acids is 1. The van der Waals surface area contributed by atoms with E-state index in [1.807, 2.05) is 0 Å². The van der Waals surface area contributed by atoms with Crippen molar-refractivity contribution >= 4 is 45.9 Å². The third-order valence-corrected chi connectivity index (χ3v) is 3.94. The van der Waals surface area contributed by atoms with Crippen LogP contribution in [0.3, 0.4) is 0 Å². The highest BCUT2D eigenvalue weighted by Gasteiger charge is 2.31. The Morgan fingerprint density at radius 1 is 1.12 bits per heavy atom. The van der Waals surface area contributed by atoms with E-state index >= 15 is 0 Å². The lowest BCUT2D eigenvalue weighted by molar-refractivity contribution is -0.150. The second-order valence-electron chi connectivity index (χ2n) is 5.17. The molecule has 4 nitrogen and oxygen atoms in total. The second kappa shape index (κ2) is 6.57. The van der Waals surface area contributed by atoms with E-state index in [1.165, 1.54) is 18.2 Å². The predicted molar refractivity (Wildman–Crippen MR) is 88.8 cm³/mol. The number of rotatable bonds is 3. The molecule has 1 heterocycles. The van der Waals surface area contributed by atoms with Crippen molar-refractivity contribution in [3.63, 3.8) is 0 Å². The summed E-state index contributed by atoms with van der Waals surface area (Å²) >= 11 is 11.8. The van der Waals surface area contributed by atoms with E-state index in [2.05, 4.69) is 10.3 Å². The molecule has 1 aromatic heterocycles. The van der Waals surface area contributed by atoms with Gasteiger partial charge in [0.25, 0.3) is 0 Å². The molecule has 0 aliphatic heterocycles. The van der Waals surface area contributed by atoms with Gasteiger partial charge in [0, 0.05) is 11.3 Å². The number of nitrogens with zero attached hydrogens (tertiary/aromatic N) is 1. The van der Waals surface area contributed by atoms with Crippen LogP contribution in [0.2, 0.25) is 10.0 Å². The Balaban J connectivity index is 1.86. The Hall–Kier alpha value is -2.25. The minimum atomic E-state index is -4.57. The number of hydrogen-bond donors (Lipinski definition) is 1. The van der Waals surface area contributed by atoms with Gasteiger partial charge in [-0.15, -0.1) is 0 Å². The third kappa shape index (κ3) is 4.24. The lowest BCUT2D eigenvalue weighted by Gasteiger charge is -2.07. The molecule has 0 atom stereocenters. The van der Waals surface area contributed by atoms with Crippen LogP contribution >= 0.6 is 23.2 Å². The molecule has 0 saturated heterocycles. The lowest BCUT2D eigenvalue weighted by atomic mass is 10.2. The predicted octanol–water partition coefficient (Wildman–Crippen LogP) is 5.69. The molecule has 1 amide bonds. The minimum absolute atomic E-state index is 0.190. The molecule has 0 aliphatic carbocycles. The van der Waals surface area contributed by atoms with Crippen LogP contribution in [0.4, 0.5) is 18.9 Å². The van der Waals surface area contributed by atoms with Gasteiger partial charge in [0.2, 0.25) is 11.8 Å². The largest absolute Gasteiger partial charge is 0.436 e. The van der Waals surface area contributed by atoms with Crippen LogP contribution in [-0.2, 0) is 4.79 Å². The summed E-state index contributed by atoms with van der Waals surface area (Å²) in [5.41, 5.74) is 1.57. The summed E-state index contributed by atoms with van der Waals surface area (Å²) in [5.74, 6) is -0.882. The van der Waals surface area contributed by atoms with Gasteiger partial charge in [0.15, 0.2) is 5.58 Å². The van der Waals surface area contributed by atoms with Gasteiger partial charge in [0.05, 0.1) is 10.0 Å². The van der Waals surface area contributed by atoms with Crippen LogP contribution in [-0.4, -0.2) is 17.1 Å². The van der Waals surface area contributed by atoms with Crippen molar-refractivity contribution in [1.82, 2.24) is 4.98 Å². The fraction of sp³-hybridized carbons (Fsp3) is 0.125. The summed E-state index contributed by atoms with van der Waals surface area (Å²) in [6.45, 7) is 0. The summed E-state index contributed by atoms with van der Waals surface area (Å²) in [5, 5.41) is 2.90. The Kier molecular flexibility index (Phi) is 4.62. The summed E-state index contributed by atoms with van der Waals surface area (Å²) in [4.78, 5) is 15.6. The maximum Gasteiger partial charge on any atom is 0.397 e. The van der Waals surface area contributed by atoms with E-state index in [0.717, 1.165) is 0 Å². The average molecular weight is 389 g/mol. The molecule has 0 saturated carbocycles. The maximum atomic E-state index is 12.2. The van der Waals surface area contributed by atoms with Crippen molar-refractivity contribution in [3.8, 4) is 11.5 Å². The number of fused-ring (bicyclic) bond motifs is 1. The molecule has 0 fully saturated rings. The highest BCUT2D eigenvalue weighted by molar-refractivity contribution is 6.42. The van der Waals surface area contributed by atoms with E-state index < -0.39 is 18.5 Å². The van der Waals surface area contributed by atoms with Gasteiger partial charge in [-0.25, -0.2) is 4.98 Å². The van der Waals surface area contributed by atoms with Crippen molar-refractivity contribution in [2.75, 3.05) is 5.32 Å². The standard InChI is InChI=1S/C16H9Cl2F3N2O2/c17-10-3-1-8(5-11(10)18)15-23-12-6-9(2-4-13(12)25-15)22-14(24)7-16(19,20)21/h1-6H,7H2,(H,22,24). The van der Waals surface area contributed by atoms with Crippen LogP contribution in [0, 0.1) is 0 Å². The van der Waals surface area contributed by atoms with Crippen LogP contribution in [0.1, 0.15) is 6.42 Å². The molecule has 3 rings (SSSR count). The minimum Gasteiger partial charge on any atom is -0.436 e. The fourth-order valence-electron chi connectivity index (χ4n) is 2.15. The van der Waals surface area contributed by atoms with Crippen LogP contribution in [0.15, 0.2) is 40.8 Å². The number of halogens is 5. The molecule has 0 unspecified atom stereocenters. The molecule has 0 aliphatic rings. The SMILES string of the molecule is O=C(CC(F)(F)F)Nc1ccc2oc(-c3ccc(Cl)c(Cl)c3)nc2c1. The molecule has 0 radical (unpaired) electrons. The number of carbonyl (C=O) groups is 1. The zero-order chi connectivity index (χ0) is 18.2. The van der Waals surface area contributed by atoms with Crippen molar-refractivity contribution < 1.29 is 22.4 Å². The molecule has 9 heteroatoms. The third-order valence-electron chi connectivity index (χ3n) is 3.20. The van der Waals surface area contributed by atoms with E-state index in [4.69, 9.17) is 27.6 Å². The summed E-state index contributed by atoms with van der Waals surface area (Å²) in [6, 6.07) is 9.21. The van der Waals surface area contributed by atoms with Crippen LogP contribution in [0.25, 0.3) is 22.6 Å². The van der Waals surface area contributed by atoms with Gasteiger partial charge < -0.3 is 9.73 Å². The molecule has 130 valence electrons. The molecule has 3 aromatic rings. The topological polar surface area (TPSA) is 55.1 Å². The normalized spacial score (nSPS) is 11.7. The summed E-state index contributed by atoms with van der Waals surface area (Å²) < 4.78 is 42.2. The highest BCUT2D eigenvalue weighted by atomic mass is 35.5. The molecule has 0 spiro atoms. The number of nitrogens with one attached hydrogen (secondary N) is 1. The molecule has 2 aromatic carbocycles. The quantitative estimate of drug-likeness (QED) is 0.626. The number of anilines is 1. The Morgan fingerprint density at radius 2 is 1.88 bits per heavy atom. The van der Waals surface area contributed by atoms with Gasteiger partial charge in [-0.3, -0.25) is 4.79 Å². The fourth-order valence-corrected chi connectivity index (χ4v) is 2.44. The first kappa shape index (κ1) is 17.6. The lowest BCUT2D eigenvalue weighted by Crippen LogP contribution is -2.21. The smallest absolute Gasteiger partial charge is 0.397 e. The molecular weight excluding hydrogens is 380 g/mol. The van der Waals surface area contributed by atoms with E-state index in [9.17, 15) is 18.0 Å². The number of alkyl halides is 3. The molecule has 25 heavy (non-hydrogen) atoms. The second-order valence-corrected chi connectivity index (χ2v) is 5.98. The van der Waals surface area contributed by atoms with Gasteiger partial charge in [0.1, 0.15) is 11.9 Å². The first-order valence-electron chi connectivity index (χ1n) is 6.94. The number of hydrogen-bond acceptors (Lipinski definition) is 3. The van der Waals surface area contributed by atoms with Gasteiger partial charge >= 0.3 is 6.18 Å². The first-order valence-corrected chi connectivity index (χ1v) is 7.69. The van der Waals surface area contributed by atoms with Crippen molar-refractivity contribution in [2.45, 2.75) is 12.6 Å². The molecular formula is C16H9Cl2F3N2O2. The summed E-state index contributed by atoms with van der Waals surface area (Å²) in [6.07, 6.45) is -6.12. The zero-order valence-electron chi connectivity index (χ0n) is 12.3. The first-order chi connectivity index (χ1) is 11.7. The zero-order valence-corrected chi connectivity index (χ0v) is 13.8. The van der Waals surface area contributed by atoms with Crippen LogP contribution in [0.5, 0.6) is 0 Å². The number of aromatic nitrogens is 1. The van der Waals surface area contributed by atoms with Gasteiger partial charge in [-0.05, 0) is 36.4 Å². The van der Waals surface area contributed by atoms with E-state index in [0.29, 0.717) is 26.7 Å². The number of benzene rings is 2. The highest BCUT2D eigenvalue weighted by Crippen LogP contribution is 2.31. The van der Waals surface area contributed by atoms with Crippen molar-refractivity contribution in [3.05, 3.63) is 46.4 Å². The molecule has 1 N–H and O–H groups in total. The van der Waals surface area contributed by atoms with E-state index in [1.54, 1.807) is 18.2 Å². The maximum absolute atomic E-state index is 12.2. The van der Waals surface area contributed by atoms with Gasteiger partial charge in [-0.2, -0.15) is 13.2 Å². The Morgan fingerprint density at radius 3 is 2.56 bits per heavy atom. The van der Waals surface area contributed by atoms with Crippen molar-refractivity contribution in [2.24, 2.45) is 0 Å².